The van der Waals surface area contributed by atoms with Crippen LogP contribution in [0.5, 0.6) is 11.5 Å². The molecule has 0 aliphatic carbocycles. The van der Waals surface area contributed by atoms with Crippen molar-refractivity contribution in [1.82, 2.24) is 0 Å². The van der Waals surface area contributed by atoms with Gasteiger partial charge in [0.1, 0.15) is 11.5 Å². The first-order valence-corrected chi connectivity index (χ1v) is 7.33. The van der Waals surface area contributed by atoms with Crippen LogP contribution in [0.1, 0.15) is 12.0 Å². The van der Waals surface area contributed by atoms with Gasteiger partial charge in [-0.2, -0.15) is 0 Å². The van der Waals surface area contributed by atoms with Gasteiger partial charge in [-0.05, 0) is 49.1 Å². The van der Waals surface area contributed by atoms with Crippen LogP contribution < -0.4 is 15.2 Å². The van der Waals surface area contributed by atoms with Gasteiger partial charge in [0, 0.05) is 0 Å². The quantitative estimate of drug-likeness (QED) is 0.809. The lowest BCUT2D eigenvalue weighted by molar-refractivity contribution is 0.278. The standard InChI is InChI=1S/C18H23NO2/c1-20-18-10-6-5-7-16(18)13-15(14-19)11-12-21-17-8-3-2-4-9-17/h2-10,15H,11-14,19H2,1H3. The smallest absolute Gasteiger partial charge is 0.122 e. The van der Waals surface area contributed by atoms with Crippen molar-refractivity contribution in [1.29, 1.82) is 0 Å². The first kappa shape index (κ1) is 15.4. The van der Waals surface area contributed by atoms with E-state index < -0.39 is 0 Å². The van der Waals surface area contributed by atoms with Gasteiger partial charge in [0.15, 0.2) is 0 Å². The van der Waals surface area contributed by atoms with Crippen LogP contribution in [0.15, 0.2) is 54.6 Å². The molecule has 0 bridgehead atoms. The van der Waals surface area contributed by atoms with E-state index in [1.54, 1.807) is 7.11 Å². The molecule has 21 heavy (non-hydrogen) atoms. The Balaban J connectivity index is 1.85. The lowest BCUT2D eigenvalue weighted by Crippen LogP contribution is -2.19. The number of para-hydroxylation sites is 2. The van der Waals surface area contributed by atoms with Crippen LogP contribution in [-0.2, 0) is 6.42 Å². The van der Waals surface area contributed by atoms with Gasteiger partial charge in [0.05, 0.1) is 13.7 Å². The monoisotopic (exact) mass is 285 g/mol. The molecule has 0 aliphatic rings. The summed E-state index contributed by atoms with van der Waals surface area (Å²) in [6.07, 6.45) is 1.85. The van der Waals surface area contributed by atoms with Gasteiger partial charge in [0.2, 0.25) is 0 Å². The minimum atomic E-state index is 0.394. The van der Waals surface area contributed by atoms with Crippen LogP contribution >= 0.6 is 0 Å². The predicted octanol–water partition coefficient (Wildman–Crippen LogP) is 3.28. The van der Waals surface area contributed by atoms with E-state index in [0.29, 0.717) is 19.1 Å². The molecule has 2 rings (SSSR count). The number of hydrogen-bond acceptors (Lipinski definition) is 3. The van der Waals surface area contributed by atoms with Crippen molar-refractivity contribution in [2.45, 2.75) is 12.8 Å². The van der Waals surface area contributed by atoms with Crippen molar-refractivity contribution in [2.24, 2.45) is 11.7 Å². The lowest BCUT2D eigenvalue weighted by Gasteiger charge is -2.17. The minimum Gasteiger partial charge on any atom is -0.496 e. The molecule has 0 spiro atoms. The molecule has 0 radical (unpaired) electrons. The van der Waals surface area contributed by atoms with Gasteiger partial charge < -0.3 is 15.2 Å². The molecule has 3 nitrogen and oxygen atoms in total. The van der Waals surface area contributed by atoms with Crippen LogP contribution in [0.3, 0.4) is 0 Å². The second-order valence-electron chi connectivity index (χ2n) is 5.07. The fraction of sp³-hybridized carbons (Fsp3) is 0.333. The molecule has 2 aromatic carbocycles. The molecule has 0 amide bonds. The molecule has 1 unspecified atom stereocenters. The maximum atomic E-state index is 5.90. The highest BCUT2D eigenvalue weighted by Crippen LogP contribution is 2.22. The molecule has 0 saturated carbocycles. The molecule has 0 saturated heterocycles. The molecule has 2 N–H and O–H groups in total. The lowest BCUT2D eigenvalue weighted by atomic mass is 9.96. The molecule has 2 aromatic rings. The third-order valence-electron chi connectivity index (χ3n) is 3.57. The molecule has 1 atom stereocenters. The predicted molar refractivity (Wildman–Crippen MR) is 85.8 cm³/mol. The Morgan fingerprint density at radius 3 is 2.43 bits per heavy atom. The van der Waals surface area contributed by atoms with Crippen molar-refractivity contribution in [3.05, 3.63) is 60.2 Å². The van der Waals surface area contributed by atoms with Gasteiger partial charge in [-0.1, -0.05) is 36.4 Å². The topological polar surface area (TPSA) is 44.5 Å². The van der Waals surface area contributed by atoms with E-state index in [-0.39, 0.29) is 0 Å². The van der Waals surface area contributed by atoms with Crippen molar-refractivity contribution in [3.63, 3.8) is 0 Å². The molecule has 0 aromatic heterocycles. The highest BCUT2D eigenvalue weighted by Gasteiger charge is 2.11. The average Bonchev–Trinajstić information content (AvgIpc) is 2.55. The second-order valence-corrected chi connectivity index (χ2v) is 5.07. The Hall–Kier alpha value is -2.00. The summed E-state index contributed by atoms with van der Waals surface area (Å²) < 4.78 is 11.1. The fourth-order valence-electron chi connectivity index (χ4n) is 2.35. The maximum absolute atomic E-state index is 5.90. The van der Waals surface area contributed by atoms with Crippen molar-refractivity contribution < 1.29 is 9.47 Å². The van der Waals surface area contributed by atoms with Gasteiger partial charge in [0.25, 0.3) is 0 Å². The van der Waals surface area contributed by atoms with Crippen LogP contribution in [0.25, 0.3) is 0 Å². The van der Waals surface area contributed by atoms with Crippen molar-refractivity contribution >= 4 is 0 Å². The Morgan fingerprint density at radius 2 is 1.71 bits per heavy atom. The third kappa shape index (κ3) is 4.80. The number of rotatable bonds is 8. The molecular formula is C18H23NO2. The van der Waals surface area contributed by atoms with E-state index >= 15 is 0 Å². The number of ether oxygens (including phenoxy) is 2. The Labute approximate surface area is 126 Å². The third-order valence-corrected chi connectivity index (χ3v) is 3.57. The van der Waals surface area contributed by atoms with E-state index in [1.165, 1.54) is 5.56 Å². The first-order chi connectivity index (χ1) is 10.3. The fourth-order valence-corrected chi connectivity index (χ4v) is 2.35. The van der Waals surface area contributed by atoms with Gasteiger partial charge in [-0.15, -0.1) is 0 Å². The second kappa shape index (κ2) is 8.32. The van der Waals surface area contributed by atoms with Crippen LogP contribution in [0, 0.1) is 5.92 Å². The number of nitrogens with two attached hydrogens (primary N) is 1. The summed E-state index contributed by atoms with van der Waals surface area (Å²) in [5.41, 5.74) is 7.10. The molecular weight excluding hydrogens is 262 g/mol. The maximum Gasteiger partial charge on any atom is 0.122 e. The first-order valence-electron chi connectivity index (χ1n) is 7.33. The minimum absolute atomic E-state index is 0.394. The van der Waals surface area contributed by atoms with E-state index in [0.717, 1.165) is 24.3 Å². The number of methoxy groups -OCH3 is 1. The molecule has 112 valence electrons. The zero-order valence-electron chi connectivity index (χ0n) is 12.5. The number of hydrogen-bond donors (Lipinski definition) is 1. The Morgan fingerprint density at radius 1 is 1.00 bits per heavy atom. The molecule has 0 fully saturated rings. The summed E-state index contributed by atoms with van der Waals surface area (Å²) >= 11 is 0. The highest BCUT2D eigenvalue weighted by atomic mass is 16.5. The van der Waals surface area contributed by atoms with Crippen LogP contribution in [-0.4, -0.2) is 20.3 Å². The summed E-state index contributed by atoms with van der Waals surface area (Å²) in [6, 6.07) is 18.0. The normalized spacial score (nSPS) is 11.9. The molecule has 0 aliphatic heterocycles. The van der Waals surface area contributed by atoms with E-state index in [9.17, 15) is 0 Å². The van der Waals surface area contributed by atoms with Gasteiger partial charge in [-0.25, -0.2) is 0 Å². The van der Waals surface area contributed by atoms with Gasteiger partial charge >= 0.3 is 0 Å². The van der Waals surface area contributed by atoms with E-state index in [4.69, 9.17) is 15.2 Å². The molecule has 0 heterocycles. The zero-order chi connectivity index (χ0) is 14.9. The number of benzene rings is 2. The SMILES string of the molecule is COc1ccccc1CC(CN)CCOc1ccccc1. The summed E-state index contributed by atoms with van der Waals surface area (Å²) in [6.45, 7) is 1.33. The largest absolute Gasteiger partial charge is 0.496 e. The highest BCUT2D eigenvalue weighted by molar-refractivity contribution is 5.33. The summed E-state index contributed by atoms with van der Waals surface area (Å²) in [4.78, 5) is 0. The average molecular weight is 285 g/mol. The Kier molecular flexibility index (Phi) is 6.10. The summed E-state index contributed by atoms with van der Waals surface area (Å²) in [7, 11) is 1.70. The van der Waals surface area contributed by atoms with Crippen LogP contribution in [0.4, 0.5) is 0 Å². The van der Waals surface area contributed by atoms with Crippen molar-refractivity contribution in [2.75, 3.05) is 20.3 Å². The van der Waals surface area contributed by atoms with Crippen LogP contribution in [0.2, 0.25) is 0 Å². The summed E-state index contributed by atoms with van der Waals surface area (Å²) in [5.74, 6) is 2.23. The Bertz CT molecular complexity index is 528. The molecule has 3 heteroatoms. The van der Waals surface area contributed by atoms with E-state index in [2.05, 4.69) is 6.07 Å². The van der Waals surface area contributed by atoms with E-state index in [1.807, 2.05) is 48.5 Å². The zero-order valence-corrected chi connectivity index (χ0v) is 12.5. The summed E-state index contributed by atoms with van der Waals surface area (Å²) in [5, 5.41) is 0. The van der Waals surface area contributed by atoms with Gasteiger partial charge in [-0.3, -0.25) is 0 Å². The van der Waals surface area contributed by atoms with Crippen molar-refractivity contribution in [3.8, 4) is 11.5 Å².